The number of halogens is 1. The second kappa shape index (κ2) is 14.8. The summed E-state index contributed by atoms with van der Waals surface area (Å²) >= 11 is 3.50. The van der Waals surface area contributed by atoms with Gasteiger partial charge in [-0.15, -0.1) is 0 Å². The fraction of sp³-hybridized carbons (Fsp3) is 0.476. The summed E-state index contributed by atoms with van der Waals surface area (Å²) in [5.41, 5.74) is 2.94. The second-order valence-corrected chi connectivity index (χ2v) is 16.1. The highest BCUT2D eigenvalue weighted by molar-refractivity contribution is 9.10. The van der Waals surface area contributed by atoms with Gasteiger partial charge in [0.1, 0.15) is 0 Å². The number of piperidine rings is 2. The van der Waals surface area contributed by atoms with Gasteiger partial charge >= 0.3 is 0 Å². The molecule has 2 aliphatic carbocycles. The fourth-order valence-corrected chi connectivity index (χ4v) is 8.09. The fourth-order valence-electron chi connectivity index (χ4n) is 7.71. The monoisotopic (exact) mass is 707 g/mol. The highest BCUT2D eigenvalue weighted by atomic mass is 79.9. The molecule has 0 spiro atoms. The molecular formula is C42H50BrN3O2. The van der Waals surface area contributed by atoms with E-state index in [2.05, 4.69) is 99.3 Å². The zero-order chi connectivity index (χ0) is 33.2. The Kier molecular flexibility index (Phi) is 10.3. The lowest BCUT2D eigenvalue weighted by Gasteiger charge is -2.32. The molecule has 5 nitrogen and oxygen atoms in total. The third-order valence-corrected chi connectivity index (χ3v) is 11.4. The molecule has 2 heterocycles. The van der Waals surface area contributed by atoms with Gasteiger partial charge in [0.05, 0.1) is 0 Å². The van der Waals surface area contributed by atoms with Gasteiger partial charge in [-0.25, -0.2) is 0 Å². The van der Waals surface area contributed by atoms with Crippen LogP contribution in [0.2, 0.25) is 0 Å². The minimum atomic E-state index is 0.172. The van der Waals surface area contributed by atoms with Gasteiger partial charge in [0, 0.05) is 73.4 Å². The van der Waals surface area contributed by atoms with Crippen molar-refractivity contribution in [3.8, 4) is 0 Å². The molecule has 4 aliphatic rings. The summed E-state index contributed by atoms with van der Waals surface area (Å²) in [7, 11) is 4.10. The van der Waals surface area contributed by atoms with E-state index in [4.69, 9.17) is 0 Å². The average molecular weight is 709 g/mol. The standard InChI is InChI=1S/C22H28N2O.C20H22BrNO/c1-23(2)21-10-9-17-12-19(8-7-18(17)13-21)22(25)20-4-3-11-24(15-20)14-16-5-6-16;21-19-8-7-15-10-17(6-5-16(15)11-19)20(23)18-2-1-9-22(13-18)12-14-3-4-14/h7-10,12-13,16,20H,3-6,11,14-15H2,1-2H3;5-8,10-11,14,18H,1-4,9,12-13H2. The van der Waals surface area contributed by atoms with Crippen LogP contribution in [0.1, 0.15) is 72.1 Å². The minimum Gasteiger partial charge on any atom is -0.378 e. The first-order valence-corrected chi connectivity index (χ1v) is 19.0. The topological polar surface area (TPSA) is 43.9 Å². The molecule has 0 amide bonds. The zero-order valence-corrected chi connectivity index (χ0v) is 30.3. The molecule has 2 saturated carbocycles. The molecular weight excluding hydrogens is 658 g/mol. The van der Waals surface area contributed by atoms with Gasteiger partial charge in [-0.05, 0) is 134 Å². The molecule has 4 aromatic rings. The van der Waals surface area contributed by atoms with Gasteiger partial charge in [-0.3, -0.25) is 9.59 Å². The Hall–Kier alpha value is -3.06. The molecule has 2 unspecified atom stereocenters. The molecule has 4 fully saturated rings. The Bertz CT molecular complexity index is 1780. The van der Waals surface area contributed by atoms with E-state index >= 15 is 0 Å². The summed E-state index contributed by atoms with van der Waals surface area (Å²) in [6.45, 7) is 6.66. The maximum atomic E-state index is 13.0. The van der Waals surface area contributed by atoms with Crippen LogP contribution in [0.25, 0.3) is 21.5 Å². The first kappa shape index (κ1) is 33.4. The van der Waals surface area contributed by atoms with Crippen LogP contribution in [-0.4, -0.2) is 74.7 Å². The van der Waals surface area contributed by atoms with E-state index in [1.807, 2.05) is 18.2 Å². The van der Waals surface area contributed by atoms with Crippen LogP contribution in [0.15, 0.2) is 77.3 Å². The van der Waals surface area contributed by atoms with Gasteiger partial charge in [-0.1, -0.05) is 52.3 Å². The van der Waals surface area contributed by atoms with Crippen molar-refractivity contribution in [3.05, 3.63) is 88.4 Å². The van der Waals surface area contributed by atoms with E-state index in [1.54, 1.807) is 0 Å². The van der Waals surface area contributed by atoms with Crippen molar-refractivity contribution >= 4 is 54.7 Å². The minimum absolute atomic E-state index is 0.172. The molecule has 2 aliphatic heterocycles. The van der Waals surface area contributed by atoms with Crippen molar-refractivity contribution in [1.82, 2.24) is 9.80 Å². The lowest BCUT2D eigenvalue weighted by atomic mass is 9.89. The summed E-state index contributed by atoms with van der Waals surface area (Å²) < 4.78 is 1.08. The molecule has 48 heavy (non-hydrogen) atoms. The smallest absolute Gasteiger partial charge is 0.167 e. The number of hydrogen-bond donors (Lipinski definition) is 0. The first-order valence-electron chi connectivity index (χ1n) is 18.2. The first-order chi connectivity index (χ1) is 23.3. The molecule has 0 radical (unpaired) electrons. The van der Waals surface area contributed by atoms with Crippen LogP contribution in [-0.2, 0) is 0 Å². The van der Waals surface area contributed by atoms with E-state index < -0.39 is 0 Å². The number of hydrogen-bond acceptors (Lipinski definition) is 5. The van der Waals surface area contributed by atoms with Crippen LogP contribution in [0.5, 0.6) is 0 Å². The highest BCUT2D eigenvalue weighted by Crippen LogP contribution is 2.33. The maximum Gasteiger partial charge on any atom is 0.167 e. The number of fused-ring (bicyclic) bond motifs is 2. The van der Waals surface area contributed by atoms with Crippen molar-refractivity contribution in [2.24, 2.45) is 23.7 Å². The van der Waals surface area contributed by atoms with E-state index in [0.717, 1.165) is 77.0 Å². The summed E-state index contributed by atoms with van der Waals surface area (Å²) in [5.74, 6) is 2.82. The van der Waals surface area contributed by atoms with Gasteiger partial charge < -0.3 is 14.7 Å². The predicted molar refractivity (Wildman–Crippen MR) is 202 cm³/mol. The Labute approximate surface area is 294 Å². The molecule has 0 N–H and O–H groups in total. The van der Waals surface area contributed by atoms with Crippen molar-refractivity contribution in [2.45, 2.75) is 51.4 Å². The third kappa shape index (κ3) is 8.38. The van der Waals surface area contributed by atoms with Crippen molar-refractivity contribution in [2.75, 3.05) is 58.3 Å². The van der Waals surface area contributed by atoms with Gasteiger partial charge in [-0.2, -0.15) is 0 Å². The van der Waals surface area contributed by atoms with E-state index in [9.17, 15) is 9.59 Å². The lowest BCUT2D eigenvalue weighted by molar-refractivity contribution is 0.0808. The number of carbonyl (C=O) groups is 2. The summed E-state index contributed by atoms with van der Waals surface area (Å²) in [5, 5.41) is 4.67. The highest BCUT2D eigenvalue weighted by Gasteiger charge is 2.32. The Morgan fingerprint density at radius 3 is 1.58 bits per heavy atom. The third-order valence-electron chi connectivity index (χ3n) is 10.9. The number of anilines is 1. The normalized spacial score (nSPS) is 21.9. The number of likely N-dealkylation sites (tertiary alicyclic amines) is 2. The summed E-state index contributed by atoms with van der Waals surface area (Å²) in [6, 6.07) is 25.0. The van der Waals surface area contributed by atoms with E-state index in [0.29, 0.717) is 11.6 Å². The number of benzene rings is 4. The van der Waals surface area contributed by atoms with Crippen molar-refractivity contribution < 1.29 is 9.59 Å². The quantitative estimate of drug-likeness (QED) is 0.162. The largest absolute Gasteiger partial charge is 0.378 e. The SMILES string of the molecule is CN(C)c1ccc2cc(C(=O)C3CCCN(CC4CC4)C3)ccc2c1.O=C(c1ccc2cc(Br)ccc2c1)C1CCCN(CC2CC2)C1. The van der Waals surface area contributed by atoms with Crippen LogP contribution >= 0.6 is 15.9 Å². The molecule has 4 aromatic carbocycles. The molecule has 0 bridgehead atoms. The zero-order valence-electron chi connectivity index (χ0n) is 28.7. The molecule has 2 saturated heterocycles. The second-order valence-electron chi connectivity index (χ2n) is 15.2. The molecule has 8 rings (SSSR count). The summed E-state index contributed by atoms with van der Waals surface area (Å²) in [6.07, 6.45) is 9.93. The Balaban J connectivity index is 0.000000152. The average Bonchev–Trinajstić information content (AvgIpc) is 4.06. The predicted octanol–water partition coefficient (Wildman–Crippen LogP) is 9.12. The van der Waals surface area contributed by atoms with Crippen molar-refractivity contribution in [1.29, 1.82) is 0 Å². The molecule has 0 aromatic heterocycles. The number of Topliss-reactive ketones (excluding diaryl/α,β-unsaturated/α-hetero) is 2. The van der Waals surface area contributed by atoms with Crippen LogP contribution < -0.4 is 4.90 Å². The Morgan fingerprint density at radius 1 is 0.625 bits per heavy atom. The van der Waals surface area contributed by atoms with Crippen molar-refractivity contribution in [3.63, 3.8) is 0 Å². The van der Waals surface area contributed by atoms with Crippen LogP contribution in [0, 0.1) is 23.7 Å². The van der Waals surface area contributed by atoms with Crippen LogP contribution in [0.3, 0.4) is 0 Å². The number of carbonyl (C=O) groups excluding carboxylic acids is 2. The Morgan fingerprint density at radius 2 is 1.08 bits per heavy atom. The molecule has 2 atom stereocenters. The van der Waals surface area contributed by atoms with Gasteiger partial charge in [0.15, 0.2) is 11.6 Å². The maximum absolute atomic E-state index is 13.0. The lowest BCUT2D eigenvalue weighted by Crippen LogP contribution is -2.39. The number of ketones is 2. The van der Waals surface area contributed by atoms with Crippen LogP contribution in [0.4, 0.5) is 5.69 Å². The van der Waals surface area contributed by atoms with E-state index in [1.165, 1.54) is 68.3 Å². The van der Waals surface area contributed by atoms with Gasteiger partial charge in [0.2, 0.25) is 0 Å². The number of nitrogens with zero attached hydrogens (tertiary/aromatic N) is 3. The number of rotatable bonds is 9. The molecule has 6 heteroatoms. The van der Waals surface area contributed by atoms with E-state index in [-0.39, 0.29) is 11.8 Å². The van der Waals surface area contributed by atoms with Gasteiger partial charge in [0.25, 0.3) is 0 Å². The molecule has 252 valence electrons. The summed E-state index contributed by atoms with van der Waals surface area (Å²) in [4.78, 5) is 33.1.